The zero-order valence-electron chi connectivity index (χ0n) is 16.1. The first-order chi connectivity index (χ1) is 14.6. The van der Waals surface area contributed by atoms with Crippen molar-refractivity contribution in [3.8, 4) is 0 Å². The van der Waals surface area contributed by atoms with Gasteiger partial charge in [-0.2, -0.15) is 5.10 Å². The average molecular weight is 398 g/mol. The van der Waals surface area contributed by atoms with Crippen LogP contribution in [0.1, 0.15) is 17.0 Å². The molecule has 0 unspecified atom stereocenters. The van der Waals surface area contributed by atoms with E-state index in [1.54, 1.807) is 12.1 Å². The Kier molecular flexibility index (Phi) is 5.29. The summed E-state index contributed by atoms with van der Waals surface area (Å²) < 4.78 is 0. The molecule has 3 aromatic carbocycles. The number of nitro benzene ring substituents is 1. The van der Waals surface area contributed by atoms with Crippen LogP contribution in [0.5, 0.6) is 0 Å². The lowest BCUT2D eigenvalue weighted by Crippen LogP contribution is -2.20. The Morgan fingerprint density at radius 3 is 2.67 bits per heavy atom. The van der Waals surface area contributed by atoms with Gasteiger partial charge in [-0.15, -0.1) is 0 Å². The van der Waals surface area contributed by atoms with E-state index in [-0.39, 0.29) is 5.69 Å². The van der Waals surface area contributed by atoms with Crippen molar-refractivity contribution in [3.63, 3.8) is 0 Å². The normalized spacial score (nSPS) is 11.8. The van der Waals surface area contributed by atoms with Crippen molar-refractivity contribution in [1.29, 1.82) is 0 Å². The van der Waals surface area contributed by atoms with Crippen LogP contribution < -0.4 is 5.43 Å². The van der Waals surface area contributed by atoms with Crippen LogP contribution in [0, 0.1) is 17.0 Å². The highest BCUT2D eigenvalue weighted by Crippen LogP contribution is 2.16. The molecule has 0 amide bonds. The fraction of sp³-hybridized carbons (Fsp3) is 0.0455. The standard InChI is InChI=1S/C22H18N6O2/c1-15-9-11-17(12-10-15)24-22(21-25-19-7-2-3-8-20(19)26-21)27-23-14-16-5-4-6-18(13-16)28(29)30/h2-14H,1H3,(H,24,27)(H,25,26)/b23-14-. The van der Waals surface area contributed by atoms with Crippen LogP contribution in [0.4, 0.5) is 11.4 Å². The Labute approximate surface area is 172 Å². The number of benzene rings is 3. The molecule has 0 fully saturated rings. The van der Waals surface area contributed by atoms with Crippen LogP contribution in [0.15, 0.2) is 82.9 Å². The summed E-state index contributed by atoms with van der Waals surface area (Å²) in [5, 5.41) is 15.2. The van der Waals surface area contributed by atoms with Crippen molar-refractivity contribution in [1.82, 2.24) is 15.4 Å². The van der Waals surface area contributed by atoms with Gasteiger partial charge in [0.05, 0.1) is 27.9 Å². The molecule has 0 aliphatic carbocycles. The number of rotatable bonds is 5. The summed E-state index contributed by atoms with van der Waals surface area (Å²) in [6.07, 6.45) is 1.50. The van der Waals surface area contributed by atoms with E-state index in [0.717, 1.165) is 22.3 Å². The molecule has 4 rings (SSSR count). The fourth-order valence-corrected chi connectivity index (χ4v) is 2.83. The van der Waals surface area contributed by atoms with Gasteiger partial charge < -0.3 is 4.98 Å². The molecule has 4 aromatic rings. The van der Waals surface area contributed by atoms with E-state index >= 15 is 0 Å². The van der Waals surface area contributed by atoms with Gasteiger partial charge in [-0.3, -0.25) is 15.5 Å². The van der Waals surface area contributed by atoms with Crippen molar-refractivity contribution in [2.45, 2.75) is 6.92 Å². The second-order valence-electron chi connectivity index (χ2n) is 6.62. The van der Waals surface area contributed by atoms with Crippen LogP contribution in [0.25, 0.3) is 11.0 Å². The molecule has 8 nitrogen and oxygen atoms in total. The minimum Gasteiger partial charge on any atom is -0.335 e. The van der Waals surface area contributed by atoms with Gasteiger partial charge in [-0.25, -0.2) is 9.98 Å². The molecular formula is C22H18N6O2. The number of aromatic nitrogens is 2. The van der Waals surface area contributed by atoms with Gasteiger partial charge in [0.15, 0.2) is 11.7 Å². The van der Waals surface area contributed by atoms with Crippen molar-refractivity contribution in [2.24, 2.45) is 10.1 Å². The number of aromatic amines is 1. The minimum atomic E-state index is -0.441. The van der Waals surface area contributed by atoms with Gasteiger partial charge in [0.1, 0.15) is 0 Å². The highest BCUT2D eigenvalue weighted by molar-refractivity contribution is 6.00. The van der Waals surface area contributed by atoms with Crippen LogP contribution in [-0.2, 0) is 0 Å². The Balaban J connectivity index is 1.65. The molecule has 0 spiro atoms. The van der Waals surface area contributed by atoms with Gasteiger partial charge in [0, 0.05) is 17.7 Å². The first kappa shape index (κ1) is 19.0. The number of nitrogens with one attached hydrogen (secondary N) is 2. The lowest BCUT2D eigenvalue weighted by Gasteiger charge is -2.03. The molecule has 0 atom stereocenters. The zero-order valence-corrected chi connectivity index (χ0v) is 16.1. The largest absolute Gasteiger partial charge is 0.335 e. The van der Waals surface area contributed by atoms with E-state index in [0.29, 0.717) is 17.2 Å². The predicted octanol–water partition coefficient (Wildman–Crippen LogP) is 4.48. The average Bonchev–Trinajstić information content (AvgIpc) is 3.19. The Hall–Kier alpha value is -4.33. The van der Waals surface area contributed by atoms with Crippen LogP contribution in [-0.4, -0.2) is 26.9 Å². The number of hydrazone groups is 1. The number of aliphatic imine (C=N–C) groups is 1. The van der Waals surface area contributed by atoms with Gasteiger partial charge in [-0.1, -0.05) is 42.0 Å². The quantitative estimate of drug-likeness (QED) is 0.223. The number of nitrogens with zero attached hydrogens (tertiary/aromatic N) is 4. The highest BCUT2D eigenvalue weighted by atomic mass is 16.6. The smallest absolute Gasteiger partial charge is 0.270 e. The maximum absolute atomic E-state index is 10.9. The number of aryl methyl sites for hydroxylation is 1. The minimum absolute atomic E-state index is 0.00443. The second kappa shape index (κ2) is 8.36. The highest BCUT2D eigenvalue weighted by Gasteiger charge is 2.10. The molecule has 0 aliphatic heterocycles. The Bertz CT molecular complexity index is 1230. The number of nitro groups is 1. The summed E-state index contributed by atoms with van der Waals surface area (Å²) in [4.78, 5) is 22.9. The number of fused-ring (bicyclic) bond motifs is 1. The number of hydrogen-bond acceptors (Lipinski definition) is 5. The molecule has 148 valence electrons. The summed E-state index contributed by atoms with van der Waals surface area (Å²) in [5.41, 5.74) is 7.09. The molecule has 0 saturated carbocycles. The number of imidazole rings is 1. The van der Waals surface area contributed by atoms with Gasteiger partial charge >= 0.3 is 0 Å². The van der Waals surface area contributed by atoms with E-state index < -0.39 is 4.92 Å². The molecule has 0 saturated heterocycles. The third kappa shape index (κ3) is 4.39. The van der Waals surface area contributed by atoms with E-state index in [4.69, 9.17) is 0 Å². The summed E-state index contributed by atoms with van der Waals surface area (Å²) in [7, 11) is 0. The topological polar surface area (TPSA) is 109 Å². The van der Waals surface area contributed by atoms with E-state index in [1.165, 1.54) is 18.3 Å². The number of non-ortho nitro benzene ring substituents is 1. The Morgan fingerprint density at radius 2 is 1.90 bits per heavy atom. The fourth-order valence-electron chi connectivity index (χ4n) is 2.83. The van der Waals surface area contributed by atoms with Crippen molar-refractivity contribution in [3.05, 3.63) is 99.9 Å². The number of amidine groups is 1. The Morgan fingerprint density at radius 1 is 1.10 bits per heavy atom. The molecule has 0 aliphatic rings. The molecule has 1 heterocycles. The molecule has 2 N–H and O–H groups in total. The summed E-state index contributed by atoms with van der Waals surface area (Å²) in [5.74, 6) is 0.963. The van der Waals surface area contributed by atoms with E-state index in [1.807, 2.05) is 55.5 Å². The second-order valence-corrected chi connectivity index (χ2v) is 6.62. The number of hydrogen-bond donors (Lipinski definition) is 2. The third-order valence-corrected chi connectivity index (χ3v) is 4.35. The molecule has 0 radical (unpaired) electrons. The van der Waals surface area contributed by atoms with Crippen LogP contribution in [0.2, 0.25) is 0 Å². The maximum Gasteiger partial charge on any atom is 0.270 e. The van der Waals surface area contributed by atoms with E-state index in [2.05, 4.69) is 25.5 Å². The molecular weight excluding hydrogens is 380 g/mol. The van der Waals surface area contributed by atoms with Crippen molar-refractivity contribution >= 4 is 34.5 Å². The molecule has 0 bridgehead atoms. The molecule has 8 heteroatoms. The van der Waals surface area contributed by atoms with Gasteiger partial charge in [0.2, 0.25) is 0 Å². The number of H-pyrrole nitrogens is 1. The lowest BCUT2D eigenvalue weighted by molar-refractivity contribution is -0.384. The molecule has 1 aromatic heterocycles. The monoisotopic (exact) mass is 398 g/mol. The predicted molar refractivity (Wildman–Crippen MR) is 117 cm³/mol. The summed E-state index contributed by atoms with van der Waals surface area (Å²) >= 11 is 0. The zero-order chi connectivity index (χ0) is 20.9. The van der Waals surface area contributed by atoms with E-state index in [9.17, 15) is 10.1 Å². The van der Waals surface area contributed by atoms with Crippen molar-refractivity contribution in [2.75, 3.05) is 0 Å². The maximum atomic E-state index is 10.9. The lowest BCUT2D eigenvalue weighted by atomic mass is 10.2. The SMILES string of the molecule is Cc1ccc(N=C(N/N=C\c2cccc([N+](=O)[O-])c2)c2nc3ccccc3[nH]2)cc1. The third-order valence-electron chi connectivity index (χ3n) is 4.35. The van der Waals surface area contributed by atoms with Crippen LogP contribution >= 0.6 is 0 Å². The molecule has 30 heavy (non-hydrogen) atoms. The summed E-state index contributed by atoms with van der Waals surface area (Å²) in [6, 6.07) is 21.7. The number of para-hydroxylation sites is 2. The van der Waals surface area contributed by atoms with Crippen molar-refractivity contribution < 1.29 is 4.92 Å². The summed E-state index contributed by atoms with van der Waals surface area (Å²) in [6.45, 7) is 2.01. The van der Waals surface area contributed by atoms with Gasteiger partial charge in [-0.05, 0) is 31.2 Å². The van der Waals surface area contributed by atoms with Gasteiger partial charge in [0.25, 0.3) is 5.69 Å². The van der Waals surface area contributed by atoms with Crippen LogP contribution in [0.3, 0.4) is 0 Å². The first-order valence-corrected chi connectivity index (χ1v) is 9.22. The first-order valence-electron chi connectivity index (χ1n) is 9.22.